The molecular formula is C9H14S. The highest BCUT2D eigenvalue weighted by Gasteiger charge is 1.96. The Bertz CT molecular complexity index is 188. The van der Waals surface area contributed by atoms with Gasteiger partial charge >= 0.3 is 0 Å². The smallest absolute Gasteiger partial charge is 0.00461 e. The predicted molar refractivity (Wildman–Crippen MR) is 47.7 cm³/mol. The zero-order chi connectivity index (χ0) is 7.40. The van der Waals surface area contributed by atoms with Gasteiger partial charge in [0, 0.05) is 4.88 Å². The second-order valence-electron chi connectivity index (χ2n) is 2.61. The second kappa shape index (κ2) is 3.77. The van der Waals surface area contributed by atoms with E-state index in [1.54, 1.807) is 5.56 Å². The molecule has 56 valence electrons. The third-order valence-corrected chi connectivity index (χ3v) is 2.65. The van der Waals surface area contributed by atoms with E-state index in [-0.39, 0.29) is 0 Å². The summed E-state index contributed by atoms with van der Waals surface area (Å²) >= 11 is 1.85. The number of unbranched alkanes of at least 4 members (excludes halogenated alkanes) is 1. The molecule has 0 aliphatic rings. The minimum Gasteiger partial charge on any atom is -0.149 e. The molecule has 0 radical (unpaired) electrons. The molecule has 1 aromatic heterocycles. The van der Waals surface area contributed by atoms with E-state index in [0.29, 0.717) is 0 Å². The van der Waals surface area contributed by atoms with Crippen LogP contribution < -0.4 is 0 Å². The van der Waals surface area contributed by atoms with E-state index in [2.05, 4.69) is 25.3 Å². The van der Waals surface area contributed by atoms with Crippen LogP contribution in [-0.2, 0) is 6.42 Å². The SMILES string of the molecule is CCCCc1ccsc1C. The molecule has 0 bridgehead atoms. The number of hydrogen-bond donors (Lipinski definition) is 0. The maximum atomic E-state index is 2.25. The largest absolute Gasteiger partial charge is 0.149 e. The van der Waals surface area contributed by atoms with Crippen molar-refractivity contribution in [1.29, 1.82) is 0 Å². The summed E-state index contributed by atoms with van der Waals surface area (Å²) in [6.07, 6.45) is 3.90. The Balaban J connectivity index is 2.49. The first-order valence-corrected chi connectivity index (χ1v) is 4.75. The van der Waals surface area contributed by atoms with E-state index >= 15 is 0 Å². The lowest BCUT2D eigenvalue weighted by Crippen LogP contribution is -1.82. The van der Waals surface area contributed by atoms with Gasteiger partial charge in [0.2, 0.25) is 0 Å². The van der Waals surface area contributed by atoms with Crippen LogP contribution in [0.3, 0.4) is 0 Å². The van der Waals surface area contributed by atoms with Gasteiger partial charge in [0.15, 0.2) is 0 Å². The van der Waals surface area contributed by atoms with Crippen LogP contribution >= 0.6 is 11.3 Å². The molecule has 1 heteroatoms. The fourth-order valence-corrected chi connectivity index (χ4v) is 1.80. The molecule has 0 fully saturated rings. The van der Waals surface area contributed by atoms with E-state index in [1.165, 1.54) is 24.1 Å². The van der Waals surface area contributed by atoms with Crippen molar-refractivity contribution in [3.8, 4) is 0 Å². The van der Waals surface area contributed by atoms with Gasteiger partial charge in [-0.3, -0.25) is 0 Å². The molecule has 0 aromatic carbocycles. The van der Waals surface area contributed by atoms with Crippen molar-refractivity contribution >= 4 is 11.3 Å². The maximum absolute atomic E-state index is 2.25. The molecule has 0 spiro atoms. The summed E-state index contributed by atoms with van der Waals surface area (Å²) < 4.78 is 0. The van der Waals surface area contributed by atoms with Gasteiger partial charge < -0.3 is 0 Å². The van der Waals surface area contributed by atoms with Crippen molar-refractivity contribution in [2.24, 2.45) is 0 Å². The van der Waals surface area contributed by atoms with Crippen molar-refractivity contribution < 1.29 is 0 Å². The Morgan fingerprint density at radius 3 is 2.80 bits per heavy atom. The number of hydrogen-bond acceptors (Lipinski definition) is 1. The van der Waals surface area contributed by atoms with Crippen molar-refractivity contribution in [2.75, 3.05) is 0 Å². The Morgan fingerprint density at radius 1 is 1.50 bits per heavy atom. The molecule has 1 aromatic rings. The molecule has 10 heavy (non-hydrogen) atoms. The summed E-state index contributed by atoms with van der Waals surface area (Å²) in [5.41, 5.74) is 1.55. The lowest BCUT2D eigenvalue weighted by atomic mass is 10.1. The molecule has 0 nitrogen and oxygen atoms in total. The fraction of sp³-hybridized carbons (Fsp3) is 0.556. The lowest BCUT2D eigenvalue weighted by Gasteiger charge is -1.95. The zero-order valence-electron chi connectivity index (χ0n) is 6.68. The molecule has 0 aliphatic heterocycles. The number of rotatable bonds is 3. The molecule has 0 amide bonds. The topological polar surface area (TPSA) is 0 Å². The lowest BCUT2D eigenvalue weighted by molar-refractivity contribution is 0.794. The minimum absolute atomic E-state index is 1.27. The van der Waals surface area contributed by atoms with Crippen molar-refractivity contribution in [2.45, 2.75) is 33.1 Å². The summed E-state index contributed by atoms with van der Waals surface area (Å²) in [5.74, 6) is 0. The molecular weight excluding hydrogens is 140 g/mol. The van der Waals surface area contributed by atoms with Gasteiger partial charge in [-0.05, 0) is 36.8 Å². The van der Waals surface area contributed by atoms with Crippen molar-refractivity contribution in [3.63, 3.8) is 0 Å². The molecule has 0 aliphatic carbocycles. The first kappa shape index (κ1) is 7.80. The molecule has 0 unspecified atom stereocenters. The monoisotopic (exact) mass is 154 g/mol. The highest BCUT2D eigenvalue weighted by Crippen LogP contribution is 2.16. The molecule has 0 saturated carbocycles. The summed E-state index contributed by atoms with van der Waals surface area (Å²) in [5, 5.41) is 2.18. The van der Waals surface area contributed by atoms with E-state index in [0.717, 1.165) is 0 Å². The number of thiophene rings is 1. The Kier molecular flexibility index (Phi) is 2.94. The standard InChI is InChI=1S/C9H14S/c1-3-4-5-9-6-7-10-8(9)2/h6-7H,3-5H2,1-2H3. The van der Waals surface area contributed by atoms with Crippen molar-refractivity contribution in [3.05, 3.63) is 21.9 Å². The Labute approximate surface area is 66.9 Å². The normalized spacial score (nSPS) is 10.2. The number of aryl methyl sites for hydroxylation is 2. The molecule has 0 N–H and O–H groups in total. The summed E-state index contributed by atoms with van der Waals surface area (Å²) in [7, 11) is 0. The van der Waals surface area contributed by atoms with Crippen LogP contribution in [0.15, 0.2) is 11.4 Å². The Morgan fingerprint density at radius 2 is 2.30 bits per heavy atom. The third-order valence-electron chi connectivity index (χ3n) is 1.77. The van der Waals surface area contributed by atoms with Crippen LogP contribution in [0.5, 0.6) is 0 Å². The highest BCUT2D eigenvalue weighted by atomic mass is 32.1. The van der Waals surface area contributed by atoms with E-state index < -0.39 is 0 Å². The van der Waals surface area contributed by atoms with Crippen LogP contribution in [0.1, 0.15) is 30.2 Å². The van der Waals surface area contributed by atoms with Gasteiger partial charge in [-0.15, -0.1) is 11.3 Å². The Hall–Kier alpha value is -0.300. The van der Waals surface area contributed by atoms with Gasteiger partial charge in [0.05, 0.1) is 0 Å². The maximum Gasteiger partial charge on any atom is 0.00461 e. The van der Waals surface area contributed by atoms with Gasteiger partial charge in [0.25, 0.3) is 0 Å². The van der Waals surface area contributed by atoms with E-state index in [4.69, 9.17) is 0 Å². The minimum atomic E-state index is 1.27. The summed E-state index contributed by atoms with van der Waals surface area (Å²) in [6, 6.07) is 2.25. The van der Waals surface area contributed by atoms with Gasteiger partial charge in [-0.25, -0.2) is 0 Å². The van der Waals surface area contributed by atoms with E-state index in [1.807, 2.05) is 11.3 Å². The van der Waals surface area contributed by atoms with Gasteiger partial charge in [-0.1, -0.05) is 13.3 Å². The van der Waals surface area contributed by atoms with Crippen LogP contribution in [0.25, 0.3) is 0 Å². The third kappa shape index (κ3) is 1.84. The first-order chi connectivity index (χ1) is 4.84. The van der Waals surface area contributed by atoms with Gasteiger partial charge in [0.1, 0.15) is 0 Å². The van der Waals surface area contributed by atoms with Crippen LogP contribution in [0, 0.1) is 6.92 Å². The molecule has 0 atom stereocenters. The highest BCUT2D eigenvalue weighted by molar-refractivity contribution is 7.10. The second-order valence-corrected chi connectivity index (χ2v) is 3.73. The summed E-state index contributed by atoms with van der Waals surface area (Å²) in [6.45, 7) is 4.44. The van der Waals surface area contributed by atoms with Crippen LogP contribution in [0.2, 0.25) is 0 Å². The quantitative estimate of drug-likeness (QED) is 0.626. The summed E-state index contributed by atoms with van der Waals surface area (Å²) in [4.78, 5) is 1.49. The molecule has 0 saturated heterocycles. The van der Waals surface area contributed by atoms with Gasteiger partial charge in [-0.2, -0.15) is 0 Å². The fourth-order valence-electron chi connectivity index (χ4n) is 1.04. The molecule has 1 heterocycles. The first-order valence-electron chi connectivity index (χ1n) is 3.87. The van der Waals surface area contributed by atoms with Crippen LogP contribution in [0.4, 0.5) is 0 Å². The predicted octanol–water partition coefficient (Wildman–Crippen LogP) is 3.40. The zero-order valence-corrected chi connectivity index (χ0v) is 7.50. The van der Waals surface area contributed by atoms with Crippen LogP contribution in [-0.4, -0.2) is 0 Å². The van der Waals surface area contributed by atoms with Crippen molar-refractivity contribution in [1.82, 2.24) is 0 Å². The van der Waals surface area contributed by atoms with E-state index in [9.17, 15) is 0 Å². The molecule has 1 rings (SSSR count). The average Bonchev–Trinajstić information content (AvgIpc) is 2.31. The average molecular weight is 154 g/mol.